The third-order valence-electron chi connectivity index (χ3n) is 12.1. The van der Waals surface area contributed by atoms with Crippen LogP contribution >= 0.6 is 23.2 Å². The smallest absolute Gasteiger partial charge is 0.223 e. The lowest BCUT2D eigenvalue weighted by Crippen LogP contribution is -2.39. The van der Waals surface area contributed by atoms with Crippen LogP contribution in [0.2, 0.25) is 10.3 Å². The maximum Gasteiger partial charge on any atom is 0.223 e. The summed E-state index contributed by atoms with van der Waals surface area (Å²) in [6.45, 7) is 9.93. The number of aromatic nitrogens is 4. The number of hydrogen-bond donors (Lipinski definition) is 3. The molecule has 9 nitrogen and oxygen atoms in total. The van der Waals surface area contributed by atoms with Crippen molar-refractivity contribution in [1.29, 1.82) is 0 Å². The Hall–Kier alpha value is -4.18. The van der Waals surface area contributed by atoms with Gasteiger partial charge in [0.15, 0.2) is 0 Å². The molecule has 0 bridgehead atoms. The van der Waals surface area contributed by atoms with E-state index in [0.717, 1.165) is 77.7 Å². The van der Waals surface area contributed by atoms with Crippen LogP contribution in [-0.2, 0) is 14.3 Å². The van der Waals surface area contributed by atoms with Gasteiger partial charge in [-0.25, -0.2) is 9.97 Å². The molecule has 0 radical (unpaired) electrons. The first-order valence-corrected chi connectivity index (χ1v) is 21.1. The van der Waals surface area contributed by atoms with Crippen LogP contribution in [0, 0.1) is 23.7 Å². The number of carbonyl (C=O) groups is 2. The van der Waals surface area contributed by atoms with Crippen molar-refractivity contribution in [3.8, 4) is 33.6 Å². The fourth-order valence-electron chi connectivity index (χ4n) is 8.55. The SMILES string of the molecule is CC(C)CC(=O)N[C@@H](CC1CC1)c1nc(-c2ccc(-c3ccc4cc(-c5nc([C@@H]6CC(C)[C@@H](C)N6C(=O)CC6CCOCC6)[nH]c5Cl)ccc4c3)cc2)c(Cl)[nH]1. The van der Waals surface area contributed by atoms with Crippen molar-refractivity contribution in [3.05, 3.63) is 82.6 Å². The molecule has 4 atom stereocenters. The summed E-state index contributed by atoms with van der Waals surface area (Å²) in [5.41, 5.74) is 5.39. The second-order valence-corrected chi connectivity index (χ2v) is 17.6. The zero-order valence-corrected chi connectivity index (χ0v) is 34.2. The molecule has 0 spiro atoms. The van der Waals surface area contributed by atoms with E-state index in [4.69, 9.17) is 37.9 Å². The molecule has 11 heteroatoms. The summed E-state index contributed by atoms with van der Waals surface area (Å²) in [5, 5.41) is 6.34. The van der Waals surface area contributed by atoms with Gasteiger partial charge in [-0.1, -0.05) is 105 Å². The van der Waals surface area contributed by atoms with Crippen LogP contribution in [0.3, 0.4) is 0 Å². The number of nitrogens with zero attached hydrogens (tertiary/aromatic N) is 3. The molecule has 2 aliphatic heterocycles. The third-order valence-corrected chi connectivity index (χ3v) is 12.6. The molecule has 2 amide bonds. The first kappa shape index (κ1) is 38.7. The van der Waals surface area contributed by atoms with E-state index in [-0.39, 0.29) is 35.9 Å². The van der Waals surface area contributed by atoms with Gasteiger partial charge in [0, 0.05) is 43.2 Å². The second-order valence-electron chi connectivity index (χ2n) is 16.9. The Bertz CT molecular complexity index is 2200. The zero-order chi connectivity index (χ0) is 39.1. The van der Waals surface area contributed by atoms with Crippen molar-refractivity contribution in [1.82, 2.24) is 30.2 Å². The first-order valence-electron chi connectivity index (χ1n) is 20.3. The number of halogens is 2. The number of hydrogen-bond acceptors (Lipinski definition) is 5. The van der Waals surface area contributed by atoms with Crippen LogP contribution in [0.4, 0.5) is 0 Å². The summed E-state index contributed by atoms with van der Waals surface area (Å²) in [6.07, 6.45) is 7.00. The number of nitrogens with one attached hydrogen (secondary N) is 3. The van der Waals surface area contributed by atoms with Gasteiger partial charge in [0.05, 0.1) is 12.1 Å². The monoisotopic (exact) mass is 794 g/mol. The third kappa shape index (κ3) is 8.41. The van der Waals surface area contributed by atoms with E-state index in [2.05, 4.69) is 82.6 Å². The molecule has 3 N–H and O–H groups in total. The summed E-state index contributed by atoms with van der Waals surface area (Å²) >= 11 is 13.6. The topological polar surface area (TPSA) is 116 Å². The Balaban J connectivity index is 0.978. The van der Waals surface area contributed by atoms with Crippen molar-refractivity contribution in [3.63, 3.8) is 0 Å². The highest BCUT2D eigenvalue weighted by atomic mass is 35.5. The minimum atomic E-state index is -0.184. The van der Waals surface area contributed by atoms with Gasteiger partial charge < -0.3 is 24.9 Å². The van der Waals surface area contributed by atoms with Crippen molar-refractivity contribution in [2.24, 2.45) is 23.7 Å². The number of aromatic amines is 2. The van der Waals surface area contributed by atoms with Crippen molar-refractivity contribution >= 4 is 45.8 Å². The Morgan fingerprint density at radius 3 is 2.14 bits per heavy atom. The van der Waals surface area contributed by atoms with Crippen molar-refractivity contribution in [2.75, 3.05) is 13.2 Å². The largest absolute Gasteiger partial charge is 0.381 e. The van der Waals surface area contributed by atoms with E-state index < -0.39 is 0 Å². The summed E-state index contributed by atoms with van der Waals surface area (Å²) in [7, 11) is 0. The maximum absolute atomic E-state index is 13.7. The van der Waals surface area contributed by atoms with E-state index in [9.17, 15) is 9.59 Å². The highest BCUT2D eigenvalue weighted by Crippen LogP contribution is 2.42. The predicted octanol–water partition coefficient (Wildman–Crippen LogP) is 10.7. The van der Waals surface area contributed by atoms with Crippen LogP contribution in [0.5, 0.6) is 0 Å². The second kappa shape index (κ2) is 16.4. The lowest BCUT2D eigenvalue weighted by molar-refractivity contribution is -0.136. The van der Waals surface area contributed by atoms with Crippen molar-refractivity contribution in [2.45, 2.75) is 97.2 Å². The Labute approximate surface area is 339 Å². The van der Waals surface area contributed by atoms with Gasteiger partial charge in [0.1, 0.15) is 33.3 Å². The molecular formula is C45H52Cl2N6O3. The molecule has 4 heterocycles. The summed E-state index contributed by atoms with van der Waals surface area (Å²) in [6, 6.07) is 20.8. The highest BCUT2D eigenvalue weighted by Gasteiger charge is 2.42. The van der Waals surface area contributed by atoms with Gasteiger partial charge in [-0.3, -0.25) is 9.59 Å². The molecular weight excluding hydrogens is 743 g/mol. The number of likely N-dealkylation sites (tertiary alicyclic amines) is 1. The fourth-order valence-corrected chi connectivity index (χ4v) is 9.05. The molecule has 1 unspecified atom stereocenters. The zero-order valence-electron chi connectivity index (χ0n) is 32.7. The van der Waals surface area contributed by atoms with E-state index >= 15 is 0 Å². The molecule has 1 saturated carbocycles. The number of ether oxygens (including phenoxy) is 1. The van der Waals surface area contributed by atoms with E-state index in [1.165, 1.54) is 12.8 Å². The molecule has 1 aliphatic carbocycles. The van der Waals surface area contributed by atoms with E-state index in [1.54, 1.807) is 0 Å². The number of amides is 2. The highest BCUT2D eigenvalue weighted by molar-refractivity contribution is 6.32. The number of fused-ring (bicyclic) bond motifs is 1. The van der Waals surface area contributed by atoms with Gasteiger partial charge >= 0.3 is 0 Å². The molecule has 56 heavy (non-hydrogen) atoms. The van der Waals surface area contributed by atoms with E-state index in [1.807, 2.05) is 26.0 Å². The lowest BCUT2D eigenvalue weighted by atomic mass is 9.95. The average Bonchev–Trinajstić information content (AvgIpc) is 3.67. The molecule has 3 fully saturated rings. The number of carbonyl (C=O) groups excluding carboxylic acids is 2. The predicted molar refractivity (Wildman–Crippen MR) is 223 cm³/mol. The number of imidazole rings is 2. The number of benzene rings is 3. The van der Waals surface area contributed by atoms with Gasteiger partial charge in [0.25, 0.3) is 0 Å². The maximum atomic E-state index is 13.7. The quantitative estimate of drug-likeness (QED) is 0.116. The van der Waals surface area contributed by atoms with Crippen LogP contribution in [0.15, 0.2) is 60.7 Å². The van der Waals surface area contributed by atoms with Crippen molar-refractivity contribution < 1.29 is 14.3 Å². The Morgan fingerprint density at radius 1 is 0.821 bits per heavy atom. The molecule has 294 valence electrons. The Morgan fingerprint density at radius 2 is 1.45 bits per heavy atom. The molecule has 5 aromatic rings. The summed E-state index contributed by atoms with van der Waals surface area (Å²) in [4.78, 5) is 45.0. The van der Waals surface area contributed by atoms with Gasteiger partial charge in [-0.05, 0) is 90.3 Å². The molecule has 2 saturated heterocycles. The molecule has 2 aromatic heterocycles. The normalized spacial score (nSPS) is 20.9. The fraction of sp³-hybridized carbons (Fsp3) is 0.467. The van der Waals surface area contributed by atoms with Crippen LogP contribution in [0.25, 0.3) is 44.4 Å². The standard InChI is InChI=1S/C45H52Cl2N6O3/c1-25(2)19-38(54)48-36(21-28-5-6-28)44-49-40(42(46)51-44)31-9-7-30(8-10-31)32-11-12-34-24-35(14-13-33(34)23-32)41-43(47)52-45(50-41)37-20-26(3)27(4)53(37)39(55)22-29-15-17-56-18-16-29/h7-14,23-29,36-37H,5-6,15-22H2,1-4H3,(H,48,54)(H,49,51)(H,50,52)/t26?,27-,36+,37+/m1/s1. The molecule has 3 aromatic carbocycles. The minimum absolute atomic E-state index is 0.0423. The summed E-state index contributed by atoms with van der Waals surface area (Å²) in [5.74, 6) is 3.32. The molecule has 8 rings (SSSR count). The van der Waals surface area contributed by atoms with Crippen LogP contribution < -0.4 is 5.32 Å². The van der Waals surface area contributed by atoms with Gasteiger partial charge in [0.2, 0.25) is 11.8 Å². The lowest BCUT2D eigenvalue weighted by Gasteiger charge is -2.31. The average molecular weight is 796 g/mol. The van der Waals surface area contributed by atoms with Crippen LogP contribution in [0.1, 0.15) is 103 Å². The van der Waals surface area contributed by atoms with Gasteiger partial charge in [-0.15, -0.1) is 0 Å². The molecule has 3 aliphatic rings. The van der Waals surface area contributed by atoms with E-state index in [0.29, 0.717) is 58.1 Å². The summed E-state index contributed by atoms with van der Waals surface area (Å²) < 4.78 is 5.53. The number of rotatable bonds is 12. The van der Waals surface area contributed by atoms with Crippen LogP contribution in [-0.4, -0.2) is 55.9 Å². The van der Waals surface area contributed by atoms with Gasteiger partial charge in [-0.2, -0.15) is 0 Å². The minimum Gasteiger partial charge on any atom is -0.381 e. The Kier molecular flexibility index (Phi) is 11.3. The number of H-pyrrole nitrogens is 2. The first-order chi connectivity index (χ1) is 27.0.